The molecule has 0 aromatic rings. The molecule has 0 aliphatic heterocycles. The topological polar surface area (TPSA) is 37.3 Å². The molecule has 0 saturated carbocycles. The summed E-state index contributed by atoms with van der Waals surface area (Å²) >= 11 is 0. The Bertz CT molecular complexity index is 435. The molecule has 0 aliphatic carbocycles. The number of hydrogen-bond donors (Lipinski definition) is 0. The fourth-order valence-corrected chi connectivity index (χ4v) is 0.982. The van der Waals surface area contributed by atoms with Crippen LogP contribution in [-0.2, 0) is 9.68 Å². The van der Waals surface area contributed by atoms with Crippen LogP contribution in [-0.4, -0.2) is 47.0 Å². The lowest BCUT2D eigenvalue weighted by Gasteiger charge is -2.30. The molecular weight excluding hydrogens is 410 g/mol. The Morgan fingerprint density at radius 1 is 0.577 bits per heavy atom. The van der Waals surface area contributed by atoms with Crippen molar-refractivity contribution in [3.63, 3.8) is 0 Å². The first-order valence-corrected chi connectivity index (χ1v) is 5.88. The Labute approximate surface area is 136 Å². The lowest BCUT2D eigenvalue weighted by atomic mass is 10.1. The molecule has 0 aromatic heterocycles. The van der Waals surface area contributed by atoms with Gasteiger partial charge in [-0.05, 0) is 20.8 Å². The second-order valence-corrected chi connectivity index (χ2v) is 5.19. The van der Waals surface area contributed by atoms with E-state index < -0.39 is 47.0 Å². The van der Waals surface area contributed by atoms with E-state index in [0.717, 1.165) is 20.8 Å². The molecule has 17 heteroatoms. The van der Waals surface area contributed by atoms with E-state index in [2.05, 4.69) is 14.7 Å². The molecule has 5 nitrogen and oxygen atoms in total. The predicted octanol–water partition coefficient (Wildman–Crippen LogP) is 4.69. The second kappa shape index (κ2) is 7.16. The number of halogens is 12. The molecule has 0 radical (unpaired) electrons. The standard InChI is InChI=1S/C9H9F12N3O2/c1-5(2,3)22-4(25-23(6(10,11)12)7(13,14)15)26-24(8(16,17)18)9(19,20)21/h1-3H3. The van der Waals surface area contributed by atoms with Crippen molar-refractivity contribution in [1.29, 1.82) is 0 Å². The van der Waals surface area contributed by atoms with Crippen LogP contribution in [0.2, 0.25) is 0 Å². The van der Waals surface area contributed by atoms with Crippen LogP contribution in [0.25, 0.3) is 0 Å². The van der Waals surface area contributed by atoms with Gasteiger partial charge in [0.2, 0.25) is 0 Å². The van der Waals surface area contributed by atoms with Gasteiger partial charge in [0, 0.05) is 0 Å². The van der Waals surface area contributed by atoms with Gasteiger partial charge in [-0.3, -0.25) is 0 Å². The van der Waals surface area contributed by atoms with Gasteiger partial charge in [-0.1, -0.05) is 0 Å². The molecule has 0 rings (SSSR count). The first-order chi connectivity index (χ1) is 11.0. The van der Waals surface area contributed by atoms with E-state index in [1.54, 1.807) is 0 Å². The normalized spacial score (nSPS) is 14.7. The molecule has 0 bridgehead atoms. The van der Waals surface area contributed by atoms with E-state index in [9.17, 15) is 52.7 Å². The number of rotatable bonds is 2. The summed E-state index contributed by atoms with van der Waals surface area (Å²) in [6.45, 7) is 2.74. The Morgan fingerprint density at radius 2 is 0.808 bits per heavy atom. The summed E-state index contributed by atoms with van der Waals surface area (Å²) in [7, 11) is 0. The van der Waals surface area contributed by atoms with Gasteiger partial charge in [0.15, 0.2) is 0 Å². The van der Waals surface area contributed by atoms with Crippen molar-refractivity contribution < 1.29 is 62.4 Å². The van der Waals surface area contributed by atoms with E-state index in [0.29, 0.717) is 0 Å². The molecule has 0 aliphatic rings. The van der Waals surface area contributed by atoms with Crippen LogP contribution in [0, 0.1) is 0 Å². The minimum Gasteiger partial charge on any atom is -0.334 e. The van der Waals surface area contributed by atoms with Gasteiger partial charge in [0.1, 0.15) is 0 Å². The van der Waals surface area contributed by atoms with Gasteiger partial charge in [-0.25, -0.2) is 4.99 Å². The van der Waals surface area contributed by atoms with Gasteiger partial charge < -0.3 is 9.68 Å². The minimum absolute atomic E-state index is 0.913. The van der Waals surface area contributed by atoms with Crippen LogP contribution in [0.3, 0.4) is 0 Å². The summed E-state index contributed by atoms with van der Waals surface area (Å²) in [5.41, 5.74) is -1.79. The fourth-order valence-electron chi connectivity index (χ4n) is 0.982. The van der Waals surface area contributed by atoms with Crippen LogP contribution in [0.5, 0.6) is 0 Å². The van der Waals surface area contributed by atoms with E-state index in [-0.39, 0.29) is 0 Å². The average molecular weight is 419 g/mol. The summed E-state index contributed by atoms with van der Waals surface area (Å²) in [5.74, 6) is 0. The zero-order valence-corrected chi connectivity index (χ0v) is 12.7. The lowest BCUT2D eigenvalue weighted by molar-refractivity contribution is -0.486. The highest BCUT2D eigenvalue weighted by molar-refractivity contribution is 5.66. The first kappa shape index (κ1) is 24.3. The molecule has 26 heavy (non-hydrogen) atoms. The third kappa shape index (κ3) is 8.15. The minimum atomic E-state index is -6.40. The SMILES string of the molecule is CC(C)(C)N=C(ON(C(F)(F)F)C(F)(F)F)ON(C(F)(F)F)C(F)(F)F. The monoisotopic (exact) mass is 419 g/mol. The van der Waals surface area contributed by atoms with Crippen LogP contribution in [0.15, 0.2) is 4.99 Å². The van der Waals surface area contributed by atoms with Crippen LogP contribution in [0.4, 0.5) is 52.7 Å². The Balaban J connectivity index is 6.02. The summed E-state index contributed by atoms with van der Waals surface area (Å²) in [4.78, 5) is 8.82. The summed E-state index contributed by atoms with van der Waals surface area (Å²) in [6, 6.07) is 0. The largest absolute Gasteiger partial charge is 0.500 e. The van der Waals surface area contributed by atoms with Crippen molar-refractivity contribution in [2.75, 3.05) is 0 Å². The molecule has 156 valence electrons. The molecular formula is C9H9F12N3O2. The molecule has 0 aromatic carbocycles. The summed E-state index contributed by atoms with van der Waals surface area (Å²) in [6.07, 6.45) is -28.2. The van der Waals surface area contributed by atoms with Crippen LogP contribution < -0.4 is 0 Å². The van der Waals surface area contributed by atoms with Gasteiger partial charge in [-0.15, -0.1) is 0 Å². The van der Waals surface area contributed by atoms with Crippen LogP contribution >= 0.6 is 0 Å². The van der Waals surface area contributed by atoms with E-state index in [1.165, 1.54) is 0 Å². The maximum absolute atomic E-state index is 12.3. The van der Waals surface area contributed by atoms with E-state index in [4.69, 9.17) is 0 Å². The Morgan fingerprint density at radius 3 is 0.962 bits per heavy atom. The molecule has 0 saturated heterocycles. The van der Waals surface area contributed by atoms with Crippen molar-refractivity contribution >= 4 is 6.08 Å². The molecule has 0 atom stereocenters. The highest BCUT2D eigenvalue weighted by atomic mass is 19.4. The van der Waals surface area contributed by atoms with Crippen LogP contribution in [0.1, 0.15) is 20.8 Å². The maximum atomic E-state index is 12.3. The summed E-state index contributed by atoms with van der Waals surface area (Å²) < 4.78 is 148. The second-order valence-electron chi connectivity index (χ2n) is 5.19. The smallest absolute Gasteiger partial charge is 0.334 e. The zero-order valence-electron chi connectivity index (χ0n) is 12.7. The highest BCUT2D eigenvalue weighted by Gasteiger charge is 2.61. The first-order valence-electron chi connectivity index (χ1n) is 5.88. The van der Waals surface area contributed by atoms with Crippen molar-refractivity contribution in [3.05, 3.63) is 0 Å². The number of hydroxylamine groups is 4. The molecule has 0 fully saturated rings. The van der Waals surface area contributed by atoms with E-state index >= 15 is 0 Å². The Hall–Kier alpha value is -1.65. The van der Waals surface area contributed by atoms with Crippen molar-refractivity contribution in [1.82, 2.24) is 10.1 Å². The average Bonchev–Trinajstić information content (AvgIpc) is 2.24. The third-order valence-corrected chi connectivity index (χ3v) is 1.69. The lowest BCUT2D eigenvalue weighted by Crippen LogP contribution is -2.53. The molecule has 0 unspecified atom stereocenters. The summed E-state index contributed by atoms with van der Waals surface area (Å²) in [5, 5.41) is -5.56. The van der Waals surface area contributed by atoms with Gasteiger partial charge >= 0.3 is 31.3 Å². The maximum Gasteiger partial charge on any atom is 0.500 e. The quantitative estimate of drug-likeness (QED) is 0.214. The van der Waals surface area contributed by atoms with Gasteiger partial charge in [0.25, 0.3) is 0 Å². The zero-order chi connectivity index (χ0) is 21.4. The van der Waals surface area contributed by atoms with Crippen molar-refractivity contribution in [3.8, 4) is 0 Å². The third-order valence-electron chi connectivity index (χ3n) is 1.69. The molecule has 0 N–H and O–H groups in total. The van der Waals surface area contributed by atoms with Gasteiger partial charge in [-0.2, -0.15) is 52.7 Å². The number of nitrogens with zero attached hydrogens (tertiary/aromatic N) is 3. The number of aliphatic imine (C=N–C) groups is 1. The number of hydrogen-bond acceptors (Lipinski definition) is 5. The number of alkyl halides is 12. The van der Waals surface area contributed by atoms with Crippen molar-refractivity contribution in [2.45, 2.75) is 51.5 Å². The van der Waals surface area contributed by atoms with Crippen molar-refractivity contribution in [2.24, 2.45) is 4.99 Å². The fraction of sp³-hybridized carbons (Fsp3) is 0.889. The molecule has 0 spiro atoms. The van der Waals surface area contributed by atoms with E-state index in [1.807, 2.05) is 0 Å². The Kier molecular flexibility index (Phi) is 6.71. The van der Waals surface area contributed by atoms with Gasteiger partial charge in [0.05, 0.1) is 15.7 Å². The predicted molar refractivity (Wildman–Crippen MR) is 57.3 cm³/mol. The molecule has 0 heterocycles. The molecule has 0 amide bonds. The highest BCUT2D eigenvalue weighted by Crippen LogP contribution is 2.37.